The first-order valence-electron chi connectivity index (χ1n) is 10.5. The van der Waals surface area contributed by atoms with Crippen molar-refractivity contribution < 1.29 is 9.18 Å². The lowest BCUT2D eigenvalue weighted by Gasteiger charge is -2.36. The molecule has 1 fully saturated rings. The lowest BCUT2D eigenvalue weighted by atomic mass is 10.1. The zero-order chi connectivity index (χ0) is 22.8. The van der Waals surface area contributed by atoms with Gasteiger partial charge in [-0.05, 0) is 54.6 Å². The second-order valence-electron chi connectivity index (χ2n) is 7.67. The average molecular weight is 463 g/mol. The highest BCUT2D eigenvalue weighted by Crippen LogP contribution is 2.27. The van der Waals surface area contributed by atoms with Crippen LogP contribution >= 0.6 is 11.6 Å². The number of rotatable bonds is 4. The number of hydrogen-bond acceptors (Lipinski definition) is 5. The number of pyridine rings is 1. The predicted molar refractivity (Wildman–Crippen MR) is 124 cm³/mol. The van der Waals surface area contributed by atoms with Crippen LogP contribution in [0.15, 0.2) is 73.1 Å². The summed E-state index contributed by atoms with van der Waals surface area (Å²) in [5.41, 5.74) is 3.20. The molecule has 1 aliphatic rings. The Morgan fingerprint density at radius 3 is 2.33 bits per heavy atom. The molecule has 2 aromatic carbocycles. The molecule has 1 aliphatic heterocycles. The summed E-state index contributed by atoms with van der Waals surface area (Å²) in [5.74, 6) is -0.542. The Hall–Kier alpha value is -3.78. The van der Waals surface area contributed by atoms with Gasteiger partial charge in [0.1, 0.15) is 11.5 Å². The minimum Gasteiger partial charge on any atom is -0.368 e. The number of amides is 1. The van der Waals surface area contributed by atoms with Crippen LogP contribution in [-0.4, -0.2) is 57.0 Å². The van der Waals surface area contributed by atoms with Gasteiger partial charge in [-0.2, -0.15) is 0 Å². The lowest BCUT2D eigenvalue weighted by Crippen LogP contribution is -2.49. The van der Waals surface area contributed by atoms with Crippen LogP contribution in [0.1, 0.15) is 10.5 Å². The highest BCUT2D eigenvalue weighted by Gasteiger charge is 2.29. The van der Waals surface area contributed by atoms with Gasteiger partial charge in [-0.3, -0.25) is 9.78 Å². The SMILES string of the molecule is O=C(c1nnn(-c2ccc(F)cc2)c1-c1ccncc1)N1CCN(c2cccc(Cl)c2)CC1. The summed E-state index contributed by atoms with van der Waals surface area (Å²) in [6, 6.07) is 17.2. The molecule has 0 N–H and O–H groups in total. The summed E-state index contributed by atoms with van der Waals surface area (Å²) in [7, 11) is 0. The zero-order valence-corrected chi connectivity index (χ0v) is 18.4. The van der Waals surface area contributed by atoms with Crippen molar-refractivity contribution in [2.45, 2.75) is 0 Å². The van der Waals surface area contributed by atoms with Gasteiger partial charge in [-0.1, -0.05) is 22.9 Å². The molecule has 7 nitrogen and oxygen atoms in total. The average Bonchev–Trinajstić information content (AvgIpc) is 3.30. The van der Waals surface area contributed by atoms with Crippen molar-refractivity contribution in [3.8, 4) is 16.9 Å². The summed E-state index contributed by atoms with van der Waals surface area (Å²) in [6.07, 6.45) is 3.30. The molecule has 4 aromatic rings. The predicted octanol–water partition coefficient (Wildman–Crippen LogP) is 4.08. The molecule has 5 rings (SSSR count). The largest absolute Gasteiger partial charge is 0.368 e. The molecule has 9 heteroatoms. The highest BCUT2D eigenvalue weighted by atomic mass is 35.5. The number of carbonyl (C=O) groups is 1. The van der Waals surface area contributed by atoms with Gasteiger partial charge in [0.15, 0.2) is 5.69 Å². The van der Waals surface area contributed by atoms with Crippen LogP contribution < -0.4 is 4.90 Å². The van der Waals surface area contributed by atoms with E-state index in [9.17, 15) is 9.18 Å². The lowest BCUT2D eigenvalue weighted by molar-refractivity contribution is 0.0741. The van der Waals surface area contributed by atoms with E-state index in [2.05, 4.69) is 20.2 Å². The number of nitrogens with zero attached hydrogens (tertiary/aromatic N) is 6. The van der Waals surface area contributed by atoms with Crippen LogP contribution in [0.25, 0.3) is 16.9 Å². The zero-order valence-electron chi connectivity index (χ0n) is 17.6. The summed E-state index contributed by atoms with van der Waals surface area (Å²) in [4.78, 5) is 21.5. The third kappa shape index (κ3) is 4.29. The maximum Gasteiger partial charge on any atom is 0.276 e. The Morgan fingerprint density at radius 2 is 1.64 bits per heavy atom. The first-order chi connectivity index (χ1) is 16.1. The third-order valence-electron chi connectivity index (χ3n) is 5.64. The fourth-order valence-electron chi connectivity index (χ4n) is 3.95. The van der Waals surface area contributed by atoms with E-state index in [4.69, 9.17) is 11.6 Å². The van der Waals surface area contributed by atoms with E-state index in [0.29, 0.717) is 42.6 Å². The van der Waals surface area contributed by atoms with Crippen molar-refractivity contribution in [3.05, 3.63) is 89.6 Å². The summed E-state index contributed by atoms with van der Waals surface area (Å²) < 4.78 is 15.0. The van der Waals surface area contributed by atoms with Crippen LogP contribution in [-0.2, 0) is 0 Å². The van der Waals surface area contributed by atoms with Crippen LogP contribution in [0.3, 0.4) is 0 Å². The Balaban J connectivity index is 1.43. The van der Waals surface area contributed by atoms with Crippen LogP contribution in [0.5, 0.6) is 0 Å². The Kier molecular flexibility index (Phi) is 5.75. The van der Waals surface area contributed by atoms with Crippen molar-refractivity contribution >= 4 is 23.2 Å². The standard InChI is InChI=1S/C24H20ClFN6O/c25-18-2-1-3-21(16-18)30-12-14-31(15-13-30)24(33)22-23(17-8-10-27-11-9-17)32(29-28-22)20-6-4-19(26)5-7-20/h1-11,16H,12-15H2. The smallest absolute Gasteiger partial charge is 0.276 e. The van der Waals surface area contributed by atoms with E-state index >= 15 is 0 Å². The maximum absolute atomic E-state index is 13.5. The highest BCUT2D eigenvalue weighted by molar-refractivity contribution is 6.30. The summed E-state index contributed by atoms with van der Waals surface area (Å²) in [5, 5.41) is 9.15. The molecule has 1 saturated heterocycles. The molecule has 0 bridgehead atoms. The van der Waals surface area contributed by atoms with E-state index in [1.54, 1.807) is 46.2 Å². The normalized spacial score (nSPS) is 13.9. The molecule has 166 valence electrons. The Bertz CT molecular complexity index is 1270. The van der Waals surface area contributed by atoms with Gasteiger partial charge in [0.2, 0.25) is 0 Å². The number of halogens is 2. The molecule has 0 atom stereocenters. The van der Waals surface area contributed by atoms with Gasteiger partial charge in [-0.15, -0.1) is 5.10 Å². The first kappa shape index (κ1) is 21.1. The second kappa shape index (κ2) is 8.99. The quantitative estimate of drug-likeness (QED) is 0.457. The minimum absolute atomic E-state index is 0.194. The van der Waals surface area contributed by atoms with Gasteiger partial charge in [0.05, 0.1) is 5.69 Å². The van der Waals surface area contributed by atoms with Crippen molar-refractivity contribution in [1.82, 2.24) is 24.9 Å². The van der Waals surface area contributed by atoms with E-state index in [1.807, 2.05) is 24.3 Å². The maximum atomic E-state index is 13.5. The molecular formula is C24H20ClFN6O. The molecule has 0 unspecified atom stereocenters. The summed E-state index contributed by atoms with van der Waals surface area (Å²) in [6.45, 7) is 2.46. The molecule has 3 heterocycles. The van der Waals surface area contributed by atoms with Crippen molar-refractivity contribution in [2.75, 3.05) is 31.1 Å². The van der Waals surface area contributed by atoms with E-state index in [0.717, 1.165) is 11.3 Å². The molecular weight excluding hydrogens is 443 g/mol. The van der Waals surface area contributed by atoms with Gasteiger partial charge in [-0.25, -0.2) is 9.07 Å². The number of anilines is 1. The van der Waals surface area contributed by atoms with Gasteiger partial charge in [0.25, 0.3) is 5.91 Å². The number of carbonyl (C=O) groups excluding carboxylic acids is 1. The number of aromatic nitrogens is 4. The van der Waals surface area contributed by atoms with Crippen LogP contribution in [0.4, 0.5) is 10.1 Å². The molecule has 0 radical (unpaired) electrons. The third-order valence-corrected chi connectivity index (χ3v) is 5.87. The molecule has 2 aromatic heterocycles. The summed E-state index contributed by atoms with van der Waals surface area (Å²) >= 11 is 6.13. The van der Waals surface area contributed by atoms with Gasteiger partial charge >= 0.3 is 0 Å². The molecule has 33 heavy (non-hydrogen) atoms. The first-order valence-corrected chi connectivity index (χ1v) is 10.9. The van der Waals surface area contributed by atoms with Crippen LogP contribution in [0.2, 0.25) is 5.02 Å². The fraction of sp³-hybridized carbons (Fsp3) is 0.167. The van der Waals surface area contributed by atoms with Crippen molar-refractivity contribution in [2.24, 2.45) is 0 Å². The van der Waals surface area contributed by atoms with Crippen molar-refractivity contribution in [1.29, 1.82) is 0 Å². The van der Waals surface area contributed by atoms with Gasteiger partial charge in [0, 0.05) is 54.8 Å². The van der Waals surface area contributed by atoms with Crippen LogP contribution in [0, 0.1) is 5.82 Å². The van der Waals surface area contributed by atoms with E-state index in [-0.39, 0.29) is 17.4 Å². The Morgan fingerprint density at radius 1 is 0.909 bits per heavy atom. The minimum atomic E-state index is -0.349. The van der Waals surface area contributed by atoms with Gasteiger partial charge < -0.3 is 9.80 Å². The van der Waals surface area contributed by atoms with Crippen molar-refractivity contribution in [3.63, 3.8) is 0 Å². The molecule has 1 amide bonds. The second-order valence-corrected chi connectivity index (χ2v) is 8.11. The van der Waals surface area contributed by atoms with E-state index < -0.39 is 0 Å². The molecule has 0 aliphatic carbocycles. The number of piperazine rings is 1. The van der Waals surface area contributed by atoms with E-state index in [1.165, 1.54) is 12.1 Å². The fourth-order valence-corrected chi connectivity index (χ4v) is 4.13. The number of benzene rings is 2. The molecule has 0 spiro atoms. The number of hydrogen-bond donors (Lipinski definition) is 0. The molecule has 0 saturated carbocycles. The monoisotopic (exact) mass is 462 g/mol. The topological polar surface area (TPSA) is 67.2 Å². The Labute approximate surface area is 195 Å².